The summed E-state index contributed by atoms with van der Waals surface area (Å²) in [6.45, 7) is 6.30. The van der Waals surface area contributed by atoms with Crippen molar-refractivity contribution in [3.8, 4) is 0 Å². The van der Waals surface area contributed by atoms with Crippen molar-refractivity contribution in [1.82, 2.24) is 0 Å². The minimum atomic E-state index is -0.396. The van der Waals surface area contributed by atoms with Gasteiger partial charge in [-0.3, -0.25) is 4.79 Å². The van der Waals surface area contributed by atoms with E-state index in [4.69, 9.17) is 9.47 Å². The molecule has 3 heteroatoms. The summed E-state index contributed by atoms with van der Waals surface area (Å²) in [7, 11) is 0. The van der Waals surface area contributed by atoms with Gasteiger partial charge in [0, 0.05) is 0 Å². The zero-order chi connectivity index (χ0) is 13.9. The fourth-order valence-electron chi connectivity index (χ4n) is 2.07. The van der Waals surface area contributed by atoms with Crippen molar-refractivity contribution in [2.45, 2.75) is 51.9 Å². The zero-order valence-electron chi connectivity index (χ0n) is 11.9. The lowest BCUT2D eigenvalue weighted by atomic mass is 9.82. The fourth-order valence-corrected chi connectivity index (χ4v) is 2.07. The number of benzene rings is 1. The molecule has 0 radical (unpaired) electrons. The van der Waals surface area contributed by atoms with Crippen molar-refractivity contribution < 1.29 is 14.3 Å². The second-order valence-electron chi connectivity index (χ2n) is 6.12. The van der Waals surface area contributed by atoms with E-state index in [0.29, 0.717) is 6.61 Å². The Bertz CT molecular complexity index is 413. The summed E-state index contributed by atoms with van der Waals surface area (Å²) >= 11 is 0. The largest absolute Gasteiger partial charge is 0.460 e. The molecule has 0 bridgehead atoms. The number of esters is 1. The third kappa shape index (κ3) is 4.35. The number of carbonyl (C=O) groups is 1. The maximum Gasteiger partial charge on any atom is 0.309 e. The molecule has 0 spiro atoms. The maximum absolute atomic E-state index is 11.8. The molecule has 0 unspecified atom stereocenters. The average molecular weight is 262 g/mol. The molecule has 0 heterocycles. The van der Waals surface area contributed by atoms with Crippen LogP contribution < -0.4 is 0 Å². The van der Waals surface area contributed by atoms with Crippen LogP contribution in [0.4, 0.5) is 0 Å². The van der Waals surface area contributed by atoms with Gasteiger partial charge in [0.05, 0.1) is 18.6 Å². The number of rotatable bonds is 4. The van der Waals surface area contributed by atoms with E-state index < -0.39 is 5.60 Å². The van der Waals surface area contributed by atoms with Gasteiger partial charge in [-0.2, -0.15) is 0 Å². The topological polar surface area (TPSA) is 35.5 Å². The van der Waals surface area contributed by atoms with Gasteiger partial charge in [0.1, 0.15) is 5.60 Å². The Hall–Kier alpha value is -1.35. The summed E-state index contributed by atoms with van der Waals surface area (Å²) in [4.78, 5) is 11.8. The normalized spacial score (nSPS) is 22.7. The van der Waals surface area contributed by atoms with Gasteiger partial charge in [0.15, 0.2) is 0 Å². The summed E-state index contributed by atoms with van der Waals surface area (Å²) in [5, 5.41) is 0. The van der Waals surface area contributed by atoms with Gasteiger partial charge in [-0.05, 0) is 39.2 Å². The van der Waals surface area contributed by atoms with E-state index in [1.807, 2.05) is 51.1 Å². The highest BCUT2D eigenvalue weighted by atomic mass is 16.6. The molecule has 0 atom stereocenters. The summed E-state index contributed by atoms with van der Waals surface area (Å²) in [6, 6.07) is 10.1. The summed E-state index contributed by atoms with van der Waals surface area (Å²) < 4.78 is 11.1. The average Bonchev–Trinajstić information content (AvgIpc) is 2.25. The number of ether oxygens (including phenoxy) is 2. The van der Waals surface area contributed by atoms with E-state index in [1.165, 1.54) is 5.56 Å². The van der Waals surface area contributed by atoms with Crippen LogP contribution in [0.25, 0.3) is 0 Å². The highest BCUT2D eigenvalue weighted by Crippen LogP contribution is 2.32. The molecular weight excluding hydrogens is 240 g/mol. The van der Waals surface area contributed by atoms with Crippen molar-refractivity contribution in [3.05, 3.63) is 35.9 Å². The lowest BCUT2D eigenvalue weighted by molar-refractivity contribution is -0.169. The smallest absolute Gasteiger partial charge is 0.309 e. The molecule has 0 aliphatic heterocycles. The molecule has 19 heavy (non-hydrogen) atoms. The Morgan fingerprint density at radius 2 is 1.84 bits per heavy atom. The van der Waals surface area contributed by atoms with Crippen molar-refractivity contribution in [3.63, 3.8) is 0 Å². The molecule has 1 aromatic rings. The van der Waals surface area contributed by atoms with Crippen LogP contribution in [0, 0.1) is 5.92 Å². The first kappa shape index (κ1) is 14.1. The van der Waals surface area contributed by atoms with Crippen LogP contribution in [0.3, 0.4) is 0 Å². The van der Waals surface area contributed by atoms with E-state index >= 15 is 0 Å². The van der Waals surface area contributed by atoms with Crippen molar-refractivity contribution in [2.24, 2.45) is 5.92 Å². The van der Waals surface area contributed by atoms with Crippen molar-refractivity contribution in [1.29, 1.82) is 0 Å². The zero-order valence-corrected chi connectivity index (χ0v) is 11.9. The fraction of sp³-hybridized carbons (Fsp3) is 0.562. The van der Waals surface area contributed by atoms with E-state index in [0.717, 1.165) is 12.8 Å². The Kier molecular flexibility index (Phi) is 4.25. The molecular formula is C16H22O3. The van der Waals surface area contributed by atoms with Crippen molar-refractivity contribution >= 4 is 5.97 Å². The standard InChI is InChI=1S/C16H22O3/c1-16(2,3)19-15(17)13-9-14(10-13)18-11-12-7-5-4-6-8-12/h4-8,13-14H,9-11H2,1-3H3. The van der Waals surface area contributed by atoms with Crippen LogP contribution in [0.1, 0.15) is 39.2 Å². The van der Waals surface area contributed by atoms with E-state index in [-0.39, 0.29) is 18.0 Å². The predicted molar refractivity (Wildman–Crippen MR) is 73.6 cm³/mol. The minimum Gasteiger partial charge on any atom is -0.460 e. The first-order chi connectivity index (χ1) is 8.94. The summed E-state index contributed by atoms with van der Waals surface area (Å²) in [5.74, 6) is -0.0768. The van der Waals surface area contributed by atoms with Crippen LogP contribution in [0.2, 0.25) is 0 Å². The number of hydrogen-bond acceptors (Lipinski definition) is 3. The van der Waals surface area contributed by atoms with Gasteiger partial charge in [0.25, 0.3) is 0 Å². The third-order valence-electron chi connectivity index (χ3n) is 3.16. The second-order valence-corrected chi connectivity index (χ2v) is 6.12. The monoisotopic (exact) mass is 262 g/mol. The molecule has 3 nitrogen and oxygen atoms in total. The van der Waals surface area contributed by atoms with Crippen LogP contribution in [-0.2, 0) is 20.9 Å². The predicted octanol–water partition coefficient (Wildman–Crippen LogP) is 3.32. The Morgan fingerprint density at radius 1 is 1.21 bits per heavy atom. The quantitative estimate of drug-likeness (QED) is 0.781. The van der Waals surface area contributed by atoms with E-state index in [1.54, 1.807) is 0 Å². The Labute approximate surface area is 114 Å². The van der Waals surface area contributed by atoms with E-state index in [2.05, 4.69) is 0 Å². The first-order valence-corrected chi connectivity index (χ1v) is 6.82. The molecule has 1 aliphatic rings. The molecule has 1 aliphatic carbocycles. The lowest BCUT2D eigenvalue weighted by Crippen LogP contribution is -2.39. The van der Waals surface area contributed by atoms with Gasteiger partial charge in [-0.15, -0.1) is 0 Å². The van der Waals surface area contributed by atoms with Crippen LogP contribution >= 0.6 is 0 Å². The molecule has 1 aromatic carbocycles. The van der Waals surface area contributed by atoms with Gasteiger partial charge < -0.3 is 9.47 Å². The number of carbonyl (C=O) groups excluding carboxylic acids is 1. The highest BCUT2D eigenvalue weighted by molar-refractivity contribution is 5.74. The van der Waals surface area contributed by atoms with Crippen LogP contribution in [0.5, 0.6) is 0 Å². The summed E-state index contributed by atoms with van der Waals surface area (Å²) in [6.07, 6.45) is 1.75. The van der Waals surface area contributed by atoms with Crippen LogP contribution in [-0.4, -0.2) is 17.7 Å². The molecule has 0 amide bonds. The maximum atomic E-state index is 11.8. The third-order valence-corrected chi connectivity index (χ3v) is 3.16. The van der Waals surface area contributed by atoms with Crippen LogP contribution in [0.15, 0.2) is 30.3 Å². The van der Waals surface area contributed by atoms with Gasteiger partial charge in [-0.1, -0.05) is 30.3 Å². The molecule has 104 valence electrons. The lowest BCUT2D eigenvalue weighted by Gasteiger charge is -2.35. The van der Waals surface area contributed by atoms with Gasteiger partial charge in [-0.25, -0.2) is 0 Å². The van der Waals surface area contributed by atoms with E-state index in [9.17, 15) is 4.79 Å². The number of hydrogen-bond donors (Lipinski definition) is 0. The highest BCUT2D eigenvalue weighted by Gasteiger charge is 2.37. The van der Waals surface area contributed by atoms with Gasteiger partial charge in [0.2, 0.25) is 0 Å². The Morgan fingerprint density at radius 3 is 2.42 bits per heavy atom. The SMILES string of the molecule is CC(C)(C)OC(=O)C1CC(OCc2ccccc2)C1. The summed E-state index contributed by atoms with van der Waals surface area (Å²) in [5.41, 5.74) is 0.774. The minimum absolute atomic E-state index is 0.0139. The molecule has 1 fully saturated rings. The Balaban J connectivity index is 1.68. The molecule has 0 N–H and O–H groups in total. The molecule has 0 saturated heterocycles. The molecule has 1 saturated carbocycles. The first-order valence-electron chi connectivity index (χ1n) is 6.82. The van der Waals surface area contributed by atoms with Crippen molar-refractivity contribution in [2.75, 3.05) is 0 Å². The molecule has 0 aromatic heterocycles. The second kappa shape index (κ2) is 5.74. The van der Waals surface area contributed by atoms with Gasteiger partial charge >= 0.3 is 5.97 Å². The molecule has 2 rings (SSSR count).